The molecule has 1 amide bonds. The van der Waals surface area contributed by atoms with E-state index in [-0.39, 0.29) is 17.5 Å². The van der Waals surface area contributed by atoms with Gasteiger partial charge in [-0.15, -0.1) is 0 Å². The van der Waals surface area contributed by atoms with Gasteiger partial charge in [0.05, 0.1) is 20.8 Å². The molecule has 5 aromatic rings. The average molecular weight is 764 g/mol. The highest BCUT2D eigenvalue weighted by molar-refractivity contribution is 6.74. The number of nitrogens with one attached hydrogen (secondary N) is 1. The number of amides is 1. The van der Waals surface area contributed by atoms with Crippen molar-refractivity contribution in [3.05, 3.63) is 154 Å². The molecular formula is C43H49N3O8Si. The zero-order valence-corrected chi connectivity index (χ0v) is 33.3. The van der Waals surface area contributed by atoms with Crippen molar-refractivity contribution in [2.75, 3.05) is 26.1 Å². The fourth-order valence-corrected chi connectivity index (χ4v) is 7.81. The summed E-state index contributed by atoms with van der Waals surface area (Å²) in [6.07, 6.45) is -2.65. The van der Waals surface area contributed by atoms with Crippen LogP contribution in [0.2, 0.25) is 18.1 Å². The zero-order valence-electron chi connectivity index (χ0n) is 32.3. The van der Waals surface area contributed by atoms with Gasteiger partial charge in [0, 0.05) is 11.8 Å². The van der Waals surface area contributed by atoms with Crippen molar-refractivity contribution in [2.24, 2.45) is 0 Å². The first-order valence-corrected chi connectivity index (χ1v) is 21.1. The molecule has 2 N–H and O–H groups in total. The summed E-state index contributed by atoms with van der Waals surface area (Å²) in [5.74, 6) is 1.05. The summed E-state index contributed by atoms with van der Waals surface area (Å²) < 4.78 is 32.9. The summed E-state index contributed by atoms with van der Waals surface area (Å²) in [5, 5.41) is 14.5. The van der Waals surface area contributed by atoms with E-state index in [0.29, 0.717) is 17.1 Å². The number of hydrogen-bond donors (Lipinski definition) is 2. The van der Waals surface area contributed by atoms with Gasteiger partial charge in [-0.1, -0.05) is 93.6 Å². The molecule has 1 aromatic heterocycles. The topological polar surface area (TPSA) is 130 Å². The van der Waals surface area contributed by atoms with Crippen molar-refractivity contribution >= 4 is 20.0 Å². The Morgan fingerprint density at radius 3 is 1.85 bits per heavy atom. The third-order valence-corrected chi connectivity index (χ3v) is 15.0. The van der Waals surface area contributed by atoms with E-state index in [4.69, 9.17) is 23.4 Å². The van der Waals surface area contributed by atoms with Gasteiger partial charge >= 0.3 is 5.69 Å². The maximum atomic E-state index is 13.6. The highest BCUT2D eigenvalue weighted by atomic mass is 28.4. The Morgan fingerprint density at radius 2 is 1.35 bits per heavy atom. The number of rotatable bonds is 13. The van der Waals surface area contributed by atoms with E-state index in [1.165, 1.54) is 16.8 Å². The quantitative estimate of drug-likeness (QED) is 0.0947. The SMILES string of the molecule is COc1ccc(C(OCC2OC(n3ccc(NC(=O)c4ccccc4)nc3=O)C(O)C2O[Si](C)(C)C(C)(C)C)(c2ccccc2)c2ccc(OC)cc2)cc1. The van der Waals surface area contributed by atoms with Gasteiger partial charge in [0.2, 0.25) is 0 Å². The third kappa shape index (κ3) is 8.29. The van der Waals surface area contributed by atoms with Gasteiger partial charge in [0.25, 0.3) is 5.91 Å². The fourth-order valence-electron chi connectivity index (χ4n) is 6.48. The van der Waals surface area contributed by atoms with Crippen LogP contribution in [0.1, 0.15) is 54.0 Å². The van der Waals surface area contributed by atoms with E-state index in [1.807, 2.05) is 84.9 Å². The molecule has 4 unspecified atom stereocenters. The van der Waals surface area contributed by atoms with Crippen LogP contribution >= 0.6 is 0 Å². The molecule has 0 aliphatic carbocycles. The summed E-state index contributed by atoms with van der Waals surface area (Å²) in [6.45, 7) is 10.5. The molecule has 4 aromatic carbocycles. The number of anilines is 1. The Kier molecular flexibility index (Phi) is 11.7. The maximum absolute atomic E-state index is 13.6. The van der Waals surface area contributed by atoms with Crippen LogP contribution in [0.5, 0.6) is 11.5 Å². The second-order valence-corrected chi connectivity index (χ2v) is 19.8. The number of benzene rings is 4. The molecular weight excluding hydrogens is 715 g/mol. The first-order chi connectivity index (χ1) is 26.3. The minimum Gasteiger partial charge on any atom is -0.497 e. The Labute approximate surface area is 323 Å². The molecule has 0 spiro atoms. The van der Waals surface area contributed by atoms with E-state index in [2.05, 4.69) is 44.2 Å². The highest BCUT2D eigenvalue weighted by Crippen LogP contribution is 2.45. The maximum Gasteiger partial charge on any atom is 0.351 e. The molecule has 0 saturated carbocycles. The van der Waals surface area contributed by atoms with Crippen LogP contribution in [0, 0.1) is 0 Å². The fraction of sp³-hybridized carbons (Fsp3) is 0.326. The number of aromatic nitrogens is 2. The number of methoxy groups -OCH3 is 2. The van der Waals surface area contributed by atoms with Gasteiger partial charge < -0.3 is 33.8 Å². The molecule has 1 aliphatic heterocycles. The first kappa shape index (κ1) is 39.6. The van der Waals surface area contributed by atoms with E-state index < -0.39 is 50.1 Å². The monoisotopic (exact) mass is 763 g/mol. The van der Waals surface area contributed by atoms with Crippen molar-refractivity contribution in [1.82, 2.24) is 9.55 Å². The lowest BCUT2D eigenvalue weighted by Crippen LogP contribution is -2.50. The lowest BCUT2D eigenvalue weighted by Gasteiger charge is -2.41. The Hall–Kier alpha value is -5.11. The molecule has 1 saturated heterocycles. The lowest BCUT2D eigenvalue weighted by atomic mass is 9.80. The second kappa shape index (κ2) is 16.3. The van der Waals surface area contributed by atoms with Crippen LogP contribution in [-0.4, -0.2) is 68.0 Å². The number of nitrogens with zero attached hydrogens (tertiary/aromatic N) is 2. The lowest BCUT2D eigenvalue weighted by molar-refractivity contribution is -0.0947. The standard InChI is InChI=1S/C43H49N3O8Si/c1-42(2,3)55(6,7)54-38-35(53-40(37(38)47)46-27-26-36(45-41(46)49)44-39(48)29-14-10-8-11-15-29)28-52-43(30-16-12-9-13-17-30,31-18-22-33(50-4)23-19-31)32-20-24-34(51-5)25-21-32/h8-27,35,37-38,40,47H,28H2,1-7H3,(H,44,45,48,49). The predicted octanol–water partition coefficient (Wildman–Crippen LogP) is 7.17. The van der Waals surface area contributed by atoms with Crippen LogP contribution in [0.4, 0.5) is 5.82 Å². The summed E-state index contributed by atoms with van der Waals surface area (Å²) in [5.41, 5.74) is 1.07. The molecule has 1 fully saturated rings. The van der Waals surface area contributed by atoms with Crippen molar-refractivity contribution in [3.8, 4) is 11.5 Å². The van der Waals surface area contributed by atoms with Gasteiger partial charge in [-0.25, -0.2) is 4.79 Å². The van der Waals surface area contributed by atoms with Crippen LogP contribution in [-0.2, 0) is 19.5 Å². The van der Waals surface area contributed by atoms with Gasteiger partial charge in [0.1, 0.15) is 41.2 Å². The normalized spacial score (nSPS) is 18.8. The summed E-state index contributed by atoms with van der Waals surface area (Å²) >= 11 is 0. The summed E-state index contributed by atoms with van der Waals surface area (Å²) in [4.78, 5) is 30.4. The summed E-state index contributed by atoms with van der Waals surface area (Å²) in [6, 6.07) is 35.5. The highest BCUT2D eigenvalue weighted by Gasteiger charge is 2.51. The van der Waals surface area contributed by atoms with Crippen molar-refractivity contribution < 1.29 is 33.3 Å². The Morgan fingerprint density at radius 1 is 0.818 bits per heavy atom. The molecule has 4 atom stereocenters. The average Bonchev–Trinajstić information content (AvgIpc) is 3.48. The smallest absolute Gasteiger partial charge is 0.351 e. The minimum atomic E-state index is -2.52. The van der Waals surface area contributed by atoms with Gasteiger partial charge in [-0.3, -0.25) is 9.36 Å². The van der Waals surface area contributed by atoms with E-state index in [1.54, 1.807) is 38.5 Å². The molecule has 11 nitrogen and oxygen atoms in total. The Balaban J connectivity index is 1.39. The number of aliphatic hydroxyl groups is 1. The van der Waals surface area contributed by atoms with Crippen LogP contribution in [0.15, 0.2) is 126 Å². The van der Waals surface area contributed by atoms with E-state index in [0.717, 1.165) is 16.7 Å². The second-order valence-electron chi connectivity index (χ2n) is 15.0. The third-order valence-electron chi connectivity index (χ3n) is 10.6. The molecule has 55 heavy (non-hydrogen) atoms. The molecule has 12 heteroatoms. The minimum absolute atomic E-state index is 0.0345. The number of aliphatic hydroxyl groups excluding tert-OH is 1. The largest absolute Gasteiger partial charge is 0.497 e. The number of carbonyl (C=O) groups excluding carboxylic acids is 1. The van der Waals surface area contributed by atoms with E-state index in [9.17, 15) is 14.7 Å². The van der Waals surface area contributed by atoms with E-state index >= 15 is 0 Å². The summed E-state index contributed by atoms with van der Waals surface area (Å²) in [7, 11) is 0.724. The van der Waals surface area contributed by atoms with Crippen molar-refractivity contribution in [2.45, 2.75) is 69.0 Å². The number of ether oxygens (including phenoxy) is 4. The molecule has 0 radical (unpaired) electrons. The zero-order chi connectivity index (χ0) is 39.4. The van der Waals surface area contributed by atoms with Crippen molar-refractivity contribution in [3.63, 3.8) is 0 Å². The Bertz CT molecular complexity index is 2060. The van der Waals surface area contributed by atoms with Crippen molar-refractivity contribution in [1.29, 1.82) is 0 Å². The molecule has 288 valence electrons. The first-order valence-electron chi connectivity index (χ1n) is 18.2. The molecule has 0 bridgehead atoms. The van der Waals surface area contributed by atoms with Gasteiger partial charge in [-0.05, 0) is 77.3 Å². The van der Waals surface area contributed by atoms with Gasteiger partial charge in [-0.2, -0.15) is 4.98 Å². The van der Waals surface area contributed by atoms with Crippen LogP contribution in [0.3, 0.4) is 0 Å². The van der Waals surface area contributed by atoms with Crippen LogP contribution in [0.25, 0.3) is 0 Å². The number of carbonyl (C=O) groups is 1. The molecule has 2 heterocycles. The molecule has 1 aliphatic rings. The molecule has 6 rings (SSSR count). The van der Waals surface area contributed by atoms with Crippen LogP contribution < -0.4 is 20.5 Å². The number of hydrogen-bond acceptors (Lipinski definition) is 9. The van der Waals surface area contributed by atoms with Gasteiger partial charge in [0.15, 0.2) is 14.5 Å². The predicted molar refractivity (Wildman–Crippen MR) is 213 cm³/mol.